The third-order valence-corrected chi connectivity index (χ3v) is 3.92. The fraction of sp³-hybridized carbons (Fsp3) is 0.818. The number of fused-ring (bicyclic) bond motifs is 1. The van der Waals surface area contributed by atoms with E-state index in [-0.39, 0.29) is 23.8 Å². The lowest BCUT2D eigenvalue weighted by molar-refractivity contribution is -0.141. The van der Waals surface area contributed by atoms with Crippen LogP contribution in [0.15, 0.2) is 0 Å². The summed E-state index contributed by atoms with van der Waals surface area (Å²) >= 11 is 5.69. The van der Waals surface area contributed by atoms with E-state index >= 15 is 0 Å². The third kappa shape index (κ3) is 2.03. The van der Waals surface area contributed by atoms with Crippen LogP contribution in [0.1, 0.15) is 19.8 Å². The van der Waals surface area contributed by atoms with Gasteiger partial charge in [-0.1, -0.05) is 6.92 Å². The molecular weight excluding hydrogens is 228 g/mol. The van der Waals surface area contributed by atoms with Crippen molar-refractivity contribution in [2.24, 2.45) is 5.92 Å². The maximum atomic E-state index is 11.9. The first-order valence-corrected chi connectivity index (χ1v) is 6.31. The van der Waals surface area contributed by atoms with Crippen LogP contribution in [-0.2, 0) is 9.59 Å². The molecule has 0 bridgehead atoms. The second-order valence-corrected chi connectivity index (χ2v) is 4.93. The maximum Gasteiger partial charge on any atom is 0.226 e. The Morgan fingerprint density at radius 2 is 2.31 bits per heavy atom. The van der Waals surface area contributed by atoms with Gasteiger partial charge in [-0.3, -0.25) is 9.59 Å². The first-order chi connectivity index (χ1) is 7.63. The van der Waals surface area contributed by atoms with Gasteiger partial charge in [0.2, 0.25) is 11.8 Å². The predicted molar refractivity (Wildman–Crippen MR) is 61.2 cm³/mol. The molecule has 4 nitrogen and oxygen atoms in total. The predicted octanol–water partition coefficient (Wildman–Crippen LogP) is 0.694. The molecule has 2 atom stereocenters. The number of carbonyl (C=O) groups is 2. The average molecular weight is 245 g/mol. The standard InChI is InChI=1S/C11H17ClN2O2/c1-8(6-12)11(16)13-4-5-14-9(7-13)2-3-10(14)15/h8-9H,2-7H2,1H3. The van der Waals surface area contributed by atoms with E-state index in [4.69, 9.17) is 11.6 Å². The molecular formula is C11H17ClN2O2. The van der Waals surface area contributed by atoms with Gasteiger partial charge in [0.25, 0.3) is 0 Å². The van der Waals surface area contributed by atoms with Crippen LogP contribution in [0, 0.1) is 5.92 Å². The minimum Gasteiger partial charge on any atom is -0.339 e. The average Bonchev–Trinajstić information content (AvgIpc) is 2.68. The van der Waals surface area contributed by atoms with Crippen LogP contribution in [0.2, 0.25) is 0 Å². The summed E-state index contributed by atoms with van der Waals surface area (Å²) < 4.78 is 0. The number of rotatable bonds is 2. The van der Waals surface area contributed by atoms with Crippen molar-refractivity contribution in [3.63, 3.8) is 0 Å². The summed E-state index contributed by atoms with van der Waals surface area (Å²) in [5.41, 5.74) is 0. The van der Waals surface area contributed by atoms with E-state index in [0.717, 1.165) is 6.42 Å². The normalized spacial score (nSPS) is 26.9. The fourth-order valence-corrected chi connectivity index (χ4v) is 2.57. The van der Waals surface area contributed by atoms with Crippen LogP contribution < -0.4 is 0 Å². The second kappa shape index (κ2) is 4.62. The molecule has 2 rings (SSSR count). The van der Waals surface area contributed by atoms with Crippen LogP contribution in [-0.4, -0.2) is 53.2 Å². The van der Waals surface area contributed by atoms with Crippen molar-refractivity contribution in [2.45, 2.75) is 25.8 Å². The summed E-state index contributed by atoms with van der Waals surface area (Å²) in [4.78, 5) is 27.2. The van der Waals surface area contributed by atoms with Gasteiger partial charge in [0.1, 0.15) is 0 Å². The summed E-state index contributed by atoms with van der Waals surface area (Å²) in [6.45, 7) is 3.87. The smallest absolute Gasteiger partial charge is 0.226 e. The van der Waals surface area contributed by atoms with Crippen molar-refractivity contribution in [3.05, 3.63) is 0 Å². The summed E-state index contributed by atoms with van der Waals surface area (Å²) in [6.07, 6.45) is 1.52. The molecule has 2 fully saturated rings. The molecule has 0 aromatic rings. The number of amides is 2. The lowest BCUT2D eigenvalue weighted by Crippen LogP contribution is -2.54. The molecule has 0 aromatic heterocycles. The van der Waals surface area contributed by atoms with Crippen molar-refractivity contribution in [1.29, 1.82) is 0 Å². The molecule has 5 heteroatoms. The largest absolute Gasteiger partial charge is 0.339 e. The lowest BCUT2D eigenvalue weighted by Gasteiger charge is -2.38. The first kappa shape index (κ1) is 11.7. The Balaban J connectivity index is 1.96. The fourth-order valence-electron chi connectivity index (χ4n) is 2.44. The van der Waals surface area contributed by atoms with Crippen molar-refractivity contribution >= 4 is 23.4 Å². The molecule has 0 radical (unpaired) electrons. The highest BCUT2D eigenvalue weighted by Gasteiger charge is 2.37. The molecule has 90 valence electrons. The highest BCUT2D eigenvalue weighted by Crippen LogP contribution is 2.23. The second-order valence-electron chi connectivity index (χ2n) is 4.62. The molecule has 2 heterocycles. The number of alkyl halides is 1. The number of carbonyl (C=O) groups excluding carboxylic acids is 2. The summed E-state index contributed by atoms with van der Waals surface area (Å²) in [6, 6.07) is 0.243. The van der Waals surface area contributed by atoms with Gasteiger partial charge in [0.05, 0.1) is 0 Å². The molecule has 0 spiro atoms. The zero-order valence-corrected chi connectivity index (χ0v) is 10.2. The van der Waals surface area contributed by atoms with Crippen molar-refractivity contribution in [1.82, 2.24) is 9.80 Å². The van der Waals surface area contributed by atoms with Crippen molar-refractivity contribution < 1.29 is 9.59 Å². The quantitative estimate of drug-likeness (QED) is 0.671. The molecule has 0 saturated carbocycles. The zero-order chi connectivity index (χ0) is 11.7. The van der Waals surface area contributed by atoms with E-state index in [2.05, 4.69) is 0 Å². The Labute approximate surface area is 101 Å². The van der Waals surface area contributed by atoms with Crippen molar-refractivity contribution in [3.8, 4) is 0 Å². The van der Waals surface area contributed by atoms with Gasteiger partial charge in [-0.05, 0) is 6.42 Å². The molecule has 0 aromatic carbocycles. The Kier molecular flexibility index (Phi) is 3.38. The van der Waals surface area contributed by atoms with Gasteiger partial charge in [-0.25, -0.2) is 0 Å². The van der Waals surface area contributed by atoms with Gasteiger partial charge in [-0.15, -0.1) is 11.6 Å². The maximum absolute atomic E-state index is 11.9. The van der Waals surface area contributed by atoms with Crippen LogP contribution >= 0.6 is 11.6 Å². The molecule has 0 N–H and O–H groups in total. The van der Waals surface area contributed by atoms with E-state index < -0.39 is 0 Å². The number of nitrogens with zero attached hydrogens (tertiary/aromatic N) is 2. The van der Waals surface area contributed by atoms with Gasteiger partial charge < -0.3 is 9.80 Å². The summed E-state index contributed by atoms with van der Waals surface area (Å²) in [5.74, 6) is 0.602. The van der Waals surface area contributed by atoms with Crippen LogP contribution in [0.3, 0.4) is 0 Å². The van der Waals surface area contributed by atoms with Gasteiger partial charge >= 0.3 is 0 Å². The van der Waals surface area contributed by atoms with E-state index in [9.17, 15) is 9.59 Å². The minimum atomic E-state index is -0.120. The van der Waals surface area contributed by atoms with Crippen LogP contribution in [0.25, 0.3) is 0 Å². The first-order valence-electron chi connectivity index (χ1n) is 5.77. The summed E-state index contributed by atoms with van der Waals surface area (Å²) in [7, 11) is 0. The van der Waals surface area contributed by atoms with Gasteiger partial charge in [-0.2, -0.15) is 0 Å². The van der Waals surface area contributed by atoms with Crippen LogP contribution in [0.4, 0.5) is 0 Å². The zero-order valence-electron chi connectivity index (χ0n) is 9.49. The molecule has 2 amide bonds. The Morgan fingerprint density at radius 1 is 1.56 bits per heavy atom. The SMILES string of the molecule is CC(CCl)C(=O)N1CCN2C(=O)CCC2C1. The van der Waals surface area contributed by atoms with E-state index in [1.807, 2.05) is 16.7 Å². The molecule has 16 heavy (non-hydrogen) atoms. The molecule has 2 aliphatic rings. The number of halogens is 1. The lowest BCUT2D eigenvalue weighted by atomic mass is 10.1. The highest BCUT2D eigenvalue weighted by atomic mass is 35.5. The van der Waals surface area contributed by atoms with Gasteiger partial charge in [0.15, 0.2) is 0 Å². The number of piperazine rings is 1. The molecule has 2 saturated heterocycles. The Morgan fingerprint density at radius 3 is 3.00 bits per heavy atom. The van der Waals surface area contributed by atoms with E-state index in [1.54, 1.807) is 0 Å². The van der Waals surface area contributed by atoms with E-state index in [0.29, 0.717) is 31.9 Å². The molecule has 2 unspecified atom stereocenters. The third-order valence-electron chi connectivity index (χ3n) is 3.46. The monoisotopic (exact) mass is 244 g/mol. The Bertz CT molecular complexity index is 308. The van der Waals surface area contributed by atoms with E-state index in [1.165, 1.54) is 0 Å². The number of hydrogen-bond acceptors (Lipinski definition) is 2. The topological polar surface area (TPSA) is 40.6 Å². The minimum absolute atomic E-state index is 0.119. The Hall–Kier alpha value is -0.770. The number of hydrogen-bond donors (Lipinski definition) is 0. The van der Waals surface area contributed by atoms with Gasteiger partial charge in [0, 0.05) is 43.9 Å². The van der Waals surface area contributed by atoms with Crippen LogP contribution in [0.5, 0.6) is 0 Å². The molecule has 2 aliphatic heterocycles. The van der Waals surface area contributed by atoms with Crippen molar-refractivity contribution in [2.75, 3.05) is 25.5 Å². The summed E-state index contributed by atoms with van der Waals surface area (Å²) in [5, 5.41) is 0. The molecule has 0 aliphatic carbocycles. The highest BCUT2D eigenvalue weighted by molar-refractivity contribution is 6.19.